The Kier molecular flexibility index (Phi) is 6.63. The summed E-state index contributed by atoms with van der Waals surface area (Å²) in [5.74, 6) is 0.895. The Hall–Kier alpha value is -0.780. The fourth-order valence-corrected chi connectivity index (χ4v) is 7.37. The predicted octanol–water partition coefficient (Wildman–Crippen LogP) is 5.31. The maximum Gasteiger partial charge on any atom is 0.146 e. The minimum Gasteiger partial charge on any atom is -0.381 e. The highest BCUT2D eigenvalue weighted by Gasteiger charge is 2.68. The molecule has 0 saturated heterocycles. The van der Waals surface area contributed by atoms with Gasteiger partial charge in [0, 0.05) is 31.0 Å². The van der Waals surface area contributed by atoms with Gasteiger partial charge in [-0.15, -0.1) is 0 Å². The normalized spacial score (nSPS) is 47.8. The predicted molar refractivity (Wildman–Crippen MR) is 111 cm³/mol. The summed E-state index contributed by atoms with van der Waals surface area (Å²) in [6.07, 6.45) is 7.16. The fourth-order valence-electron chi connectivity index (χ4n) is 7.37. The number of hydrogen-bond acceptors (Lipinski definition) is 4. The van der Waals surface area contributed by atoms with E-state index in [2.05, 4.69) is 20.8 Å². The molecule has 0 N–H and O–H groups in total. The summed E-state index contributed by atoms with van der Waals surface area (Å²) in [6, 6.07) is 0. The second-order valence-electron chi connectivity index (χ2n) is 10.3. The van der Waals surface area contributed by atoms with Crippen LogP contribution in [0.25, 0.3) is 0 Å². The maximum absolute atomic E-state index is 13.9. The Balaban J connectivity index is 2.17. The van der Waals surface area contributed by atoms with E-state index in [1.165, 1.54) is 6.08 Å². The van der Waals surface area contributed by atoms with Crippen molar-refractivity contribution < 1.29 is 23.4 Å². The Morgan fingerprint density at radius 3 is 2.48 bits per heavy atom. The maximum atomic E-state index is 13.9. The van der Waals surface area contributed by atoms with Crippen molar-refractivity contribution in [2.45, 2.75) is 78.4 Å². The molecule has 166 valence electrons. The van der Waals surface area contributed by atoms with Crippen LogP contribution < -0.4 is 0 Å². The van der Waals surface area contributed by atoms with Crippen molar-refractivity contribution in [1.82, 2.24) is 0 Å². The summed E-state index contributed by atoms with van der Waals surface area (Å²) in [7, 11) is 3.44. The molecule has 3 aliphatic rings. The zero-order chi connectivity index (χ0) is 21.4. The largest absolute Gasteiger partial charge is 0.381 e. The summed E-state index contributed by atoms with van der Waals surface area (Å²) >= 11 is 0. The number of ketones is 1. The summed E-state index contributed by atoms with van der Waals surface area (Å²) in [4.78, 5) is 13.9. The molecule has 3 fully saturated rings. The molecule has 29 heavy (non-hydrogen) atoms. The first-order valence-electron chi connectivity index (χ1n) is 11.1. The molecule has 5 heteroatoms. The third-order valence-corrected chi connectivity index (χ3v) is 9.19. The van der Waals surface area contributed by atoms with E-state index in [9.17, 15) is 9.18 Å². The van der Waals surface area contributed by atoms with Gasteiger partial charge in [0.2, 0.25) is 0 Å². The van der Waals surface area contributed by atoms with E-state index in [-0.39, 0.29) is 47.4 Å². The summed E-state index contributed by atoms with van der Waals surface area (Å²) in [6.45, 7) is 8.99. The lowest BCUT2D eigenvalue weighted by Gasteiger charge is -2.62. The molecule has 0 aromatic carbocycles. The van der Waals surface area contributed by atoms with Crippen LogP contribution in [0.15, 0.2) is 12.4 Å². The van der Waals surface area contributed by atoms with Gasteiger partial charge in [-0.05, 0) is 55.8 Å². The molecule has 4 nitrogen and oxygen atoms in total. The number of halogens is 1. The highest BCUT2D eigenvalue weighted by molar-refractivity contribution is 5.87. The fraction of sp³-hybridized carbons (Fsp3) is 0.875. The molecule has 0 amide bonds. The molecule has 3 rings (SSSR count). The lowest BCUT2D eigenvalue weighted by Crippen LogP contribution is -2.62. The standard InChI is InChI=1S/C24H39FO4/c1-16-8-11-24-12-9-18(28-6)20(24)23(16,4)19(29-15-27-5)14-22(3,10-7-13-25)21(26)17(24)2/h7,13,16-20H,8-12,14-15H2,1-6H3/t16-,17+,18-,19-,20?,22-,23+,24?/m1/s1. The van der Waals surface area contributed by atoms with Crippen LogP contribution in [-0.2, 0) is 19.0 Å². The molecule has 0 heterocycles. The van der Waals surface area contributed by atoms with Gasteiger partial charge in [0.1, 0.15) is 12.6 Å². The van der Waals surface area contributed by atoms with Crippen LogP contribution in [-0.4, -0.2) is 39.0 Å². The van der Waals surface area contributed by atoms with Gasteiger partial charge in [-0.2, -0.15) is 0 Å². The van der Waals surface area contributed by atoms with E-state index in [1.54, 1.807) is 14.2 Å². The van der Waals surface area contributed by atoms with Crippen LogP contribution in [0.1, 0.15) is 66.2 Å². The molecule has 0 aromatic heterocycles. The summed E-state index contributed by atoms with van der Waals surface area (Å²) in [5.41, 5.74) is -0.861. The monoisotopic (exact) mass is 410 g/mol. The summed E-state index contributed by atoms with van der Waals surface area (Å²) in [5, 5.41) is 0. The SMILES string of the molecule is COCO[C@@H]1C[C@@](C)(CC=CF)C(=O)[C@H](C)C23CC[C@@H](C)[C@]1(C)C2[C@H](OC)CC3. The van der Waals surface area contributed by atoms with Gasteiger partial charge in [-0.3, -0.25) is 4.79 Å². The molecule has 2 bridgehead atoms. The first-order valence-corrected chi connectivity index (χ1v) is 11.1. The first-order chi connectivity index (χ1) is 13.7. The minimum absolute atomic E-state index is 0.0686. The van der Waals surface area contributed by atoms with E-state index >= 15 is 0 Å². The number of ether oxygens (including phenoxy) is 3. The number of Topliss-reactive ketones (excluding diaryl/α,β-unsaturated/α-hetero) is 1. The second-order valence-corrected chi connectivity index (χ2v) is 10.3. The number of methoxy groups -OCH3 is 2. The van der Waals surface area contributed by atoms with Gasteiger partial charge in [-0.25, -0.2) is 4.39 Å². The molecule has 0 aromatic rings. The number of allylic oxidation sites excluding steroid dienone is 1. The molecule has 0 aliphatic heterocycles. The van der Waals surface area contributed by atoms with Crippen LogP contribution in [0.5, 0.6) is 0 Å². The molecule has 0 spiro atoms. The van der Waals surface area contributed by atoms with Crippen molar-refractivity contribution in [3.8, 4) is 0 Å². The lowest BCUT2D eigenvalue weighted by atomic mass is 9.43. The zero-order valence-corrected chi connectivity index (χ0v) is 19.0. The highest BCUT2D eigenvalue weighted by Crippen LogP contribution is 2.68. The molecule has 3 saturated carbocycles. The Bertz CT molecular complexity index is 636. The molecular formula is C24H39FO4. The van der Waals surface area contributed by atoms with Crippen molar-refractivity contribution >= 4 is 5.78 Å². The van der Waals surface area contributed by atoms with Crippen molar-refractivity contribution in [1.29, 1.82) is 0 Å². The van der Waals surface area contributed by atoms with Gasteiger partial charge < -0.3 is 14.2 Å². The van der Waals surface area contributed by atoms with E-state index in [0.717, 1.165) is 25.7 Å². The number of carbonyl (C=O) groups excluding carboxylic acids is 1. The number of carbonyl (C=O) groups is 1. The van der Waals surface area contributed by atoms with E-state index in [1.807, 2.05) is 6.92 Å². The lowest BCUT2D eigenvalue weighted by molar-refractivity contribution is -0.219. The summed E-state index contributed by atoms with van der Waals surface area (Å²) < 4.78 is 30.6. The molecule has 0 radical (unpaired) electrons. The quantitative estimate of drug-likeness (QED) is 0.557. The van der Waals surface area contributed by atoms with E-state index in [4.69, 9.17) is 14.2 Å². The minimum atomic E-state index is -0.651. The van der Waals surface area contributed by atoms with Crippen molar-refractivity contribution in [3.63, 3.8) is 0 Å². The average molecular weight is 411 g/mol. The third-order valence-electron chi connectivity index (χ3n) is 9.19. The van der Waals surface area contributed by atoms with Gasteiger partial charge >= 0.3 is 0 Å². The molecule has 8 atom stereocenters. The van der Waals surface area contributed by atoms with Crippen molar-refractivity contribution in [2.24, 2.45) is 34.0 Å². The van der Waals surface area contributed by atoms with Crippen LogP contribution in [0.3, 0.4) is 0 Å². The van der Waals surface area contributed by atoms with Gasteiger partial charge in [0.15, 0.2) is 0 Å². The number of hydrogen-bond donors (Lipinski definition) is 0. The molecular weight excluding hydrogens is 371 g/mol. The van der Waals surface area contributed by atoms with Crippen molar-refractivity contribution in [2.75, 3.05) is 21.0 Å². The average Bonchev–Trinajstić information content (AvgIpc) is 3.11. The van der Waals surface area contributed by atoms with Crippen LogP contribution in [0, 0.1) is 34.0 Å². The smallest absolute Gasteiger partial charge is 0.146 e. The Morgan fingerprint density at radius 1 is 1.17 bits per heavy atom. The van der Waals surface area contributed by atoms with E-state index < -0.39 is 5.41 Å². The van der Waals surface area contributed by atoms with Gasteiger partial charge in [0.05, 0.1) is 18.5 Å². The second kappa shape index (κ2) is 8.39. The van der Waals surface area contributed by atoms with E-state index in [0.29, 0.717) is 25.1 Å². The Labute approximate surface area is 175 Å². The highest BCUT2D eigenvalue weighted by atomic mass is 19.1. The van der Waals surface area contributed by atoms with Gasteiger partial charge in [0.25, 0.3) is 0 Å². The first kappa shape index (κ1) is 22.9. The van der Waals surface area contributed by atoms with Crippen LogP contribution in [0.2, 0.25) is 0 Å². The van der Waals surface area contributed by atoms with Crippen LogP contribution >= 0.6 is 0 Å². The number of rotatable bonds is 6. The molecule has 2 unspecified atom stereocenters. The Morgan fingerprint density at radius 2 is 1.86 bits per heavy atom. The van der Waals surface area contributed by atoms with Gasteiger partial charge in [-0.1, -0.05) is 33.8 Å². The molecule has 3 aliphatic carbocycles. The van der Waals surface area contributed by atoms with Crippen molar-refractivity contribution in [3.05, 3.63) is 12.4 Å². The zero-order valence-electron chi connectivity index (χ0n) is 19.0. The third kappa shape index (κ3) is 3.41. The topological polar surface area (TPSA) is 44.8 Å². The van der Waals surface area contributed by atoms with Crippen LogP contribution in [0.4, 0.5) is 4.39 Å².